The van der Waals surface area contributed by atoms with Gasteiger partial charge in [0.05, 0.1) is 19.8 Å². The van der Waals surface area contributed by atoms with Crippen LogP contribution in [0.3, 0.4) is 0 Å². The third-order valence-corrected chi connectivity index (χ3v) is 3.99. The molecule has 6 nitrogen and oxygen atoms in total. The topological polar surface area (TPSA) is 83.4 Å². The van der Waals surface area contributed by atoms with Crippen LogP contribution in [0, 0.1) is 0 Å². The van der Waals surface area contributed by atoms with Gasteiger partial charge in [-0.3, -0.25) is 0 Å². The third-order valence-electron chi connectivity index (χ3n) is 3.99. The number of aromatic nitrogens is 2. The molecule has 6 heteroatoms. The SMILES string of the molecule is COc1ccc(-c2noc(C3(N)CCCC3)n2)cc1OC. The molecule has 2 aromatic rings. The quantitative estimate of drug-likeness (QED) is 0.931. The Balaban J connectivity index is 1.93. The van der Waals surface area contributed by atoms with Crippen LogP contribution in [0.2, 0.25) is 0 Å². The second-order valence-electron chi connectivity index (χ2n) is 5.36. The Morgan fingerprint density at radius 1 is 1.14 bits per heavy atom. The van der Waals surface area contributed by atoms with E-state index in [-0.39, 0.29) is 0 Å². The summed E-state index contributed by atoms with van der Waals surface area (Å²) in [4.78, 5) is 4.47. The summed E-state index contributed by atoms with van der Waals surface area (Å²) in [5, 5.41) is 4.04. The third kappa shape index (κ3) is 2.47. The predicted molar refractivity (Wildman–Crippen MR) is 77.2 cm³/mol. The molecule has 0 radical (unpaired) electrons. The fourth-order valence-corrected chi connectivity index (χ4v) is 2.74. The van der Waals surface area contributed by atoms with Gasteiger partial charge in [-0.05, 0) is 31.0 Å². The lowest BCUT2D eigenvalue weighted by molar-refractivity contribution is 0.285. The average molecular weight is 289 g/mol. The van der Waals surface area contributed by atoms with Crippen LogP contribution >= 0.6 is 0 Å². The van der Waals surface area contributed by atoms with E-state index in [1.807, 2.05) is 18.2 Å². The van der Waals surface area contributed by atoms with Gasteiger partial charge in [-0.1, -0.05) is 18.0 Å². The van der Waals surface area contributed by atoms with Gasteiger partial charge in [0.15, 0.2) is 11.5 Å². The number of methoxy groups -OCH3 is 2. The lowest BCUT2D eigenvalue weighted by atomic mass is 9.99. The summed E-state index contributed by atoms with van der Waals surface area (Å²) in [7, 11) is 3.19. The zero-order valence-corrected chi connectivity index (χ0v) is 12.3. The summed E-state index contributed by atoms with van der Waals surface area (Å²) in [6.45, 7) is 0. The Hall–Kier alpha value is -2.08. The molecule has 1 heterocycles. The van der Waals surface area contributed by atoms with Crippen molar-refractivity contribution < 1.29 is 14.0 Å². The normalized spacial score (nSPS) is 16.9. The lowest BCUT2D eigenvalue weighted by Crippen LogP contribution is -2.33. The number of ether oxygens (including phenoxy) is 2. The molecule has 2 N–H and O–H groups in total. The molecule has 1 aliphatic rings. The largest absolute Gasteiger partial charge is 0.493 e. The van der Waals surface area contributed by atoms with E-state index in [9.17, 15) is 0 Å². The molecule has 1 aromatic heterocycles. The zero-order valence-electron chi connectivity index (χ0n) is 12.3. The molecule has 1 aliphatic carbocycles. The van der Waals surface area contributed by atoms with Gasteiger partial charge in [-0.25, -0.2) is 0 Å². The molecule has 0 amide bonds. The van der Waals surface area contributed by atoms with Gasteiger partial charge in [-0.2, -0.15) is 4.98 Å². The van der Waals surface area contributed by atoms with Crippen molar-refractivity contribution in [3.63, 3.8) is 0 Å². The minimum Gasteiger partial charge on any atom is -0.493 e. The van der Waals surface area contributed by atoms with Crippen LogP contribution in [-0.4, -0.2) is 24.4 Å². The van der Waals surface area contributed by atoms with E-state index in [2.05, 4.69) is 10.1 Å². The van der Waals surface area contributed by atoms with Crippen molar-refractivity contribution in [2.24, 2.45) is 5.73 Å². The molecule has 0 aliphatic heterocycles. The molecule has 0 bridgehead atoms. The first-order chi connectivity index (χ1) is 10.2. The Kier molecular flexibility index (Phi) is 3.55. The first kappa shape index (κ1) is 13.9. The highest BCUT2D eigenvalue weighted by molar-refractivity contribution is 5.60. The molecule has 0 unspecified atom stereocenters. The summed E-state index contributed by atoms with van der Waals surface area (Å²) in [6, 6.07) is 5.51. The van der Waals surface area contributed by atoms with Crippen molar-refractivity contribution in [3.8, 4) is 22.9 Å². The molecular weight excluding hydrogens is 270 g/mol. The van der Waals surface area contributed by atoms with Crippen molar-refractivity contribution >= 4 is 0 Å². The van der Waals surface area contributed by atoms with Gasteiger partial charge in [0.25, 0.3) is 0 Å². The Morgan fingerprint density at radius 3 is 2.52 bits per heavy atom. The van der Waals surface area contributed by atoms with Crippen LogP contribution in [-0.2, 0) is 5.54 Å². The summed E-state index contributed by atoms with van der Waals surface area (Å²) < 4.78 is 15.9. The minimum atomic E-state index is -0.470. The summed E-state index contributed by atoms with van der Waals surface area (Å²) in [5.74, 6) is 2.33. The Morgan fingerprint density at radius 2 is 1.86 bits per heavy atom. The maximum Gasteiger partial charge on any atom is 0.247 e. The van der Waals surface area contributed by atoms with Gasteiger partial charge in [-0.15, -0.1) is 0 Å². The summed E-state index contributed by atoms with van der Waals surface area (Å²) in [5.41, 5.74) is 6.67. The first-order valence-corrected chi connectivity index (χ1v) is 7.02. The van der Waals surface area contributed by atoms with Crippen molar-refractivity contribution in [1.29, 1.82) is 0 Å². The molecular formula is C15H19N3O3. The van der Waals surface area contributed by atoms with Crippen LogP contribution < -0.4 is 15.2 Å². The monoisotopic (exact) mass is 289 g/mol. The predicted octanol–water partition coefficient (Wildman–Crippen LogP) is 2.48. The Bertz CT molecular complexity index is 633. The maximum absolute atomic E-state index is 6.33. The van der Waals surface area contributed by atoms with Crippen molar-refractivity contribution in [2.45, 2.75) is 31.2 Å². The standard InChI is InChI=1S/C15H19N3O3/c1-19-11-6-5-10(9-12(11)20-2)13-17-14(21-18-13)15(16)7-3-4-8-15/h5-6,9H,3-4,7-8,16H2,1-2H3. The second kappa shape index (κ2) is 5.37. The molecule has 1 saturated carbocycles. The number of hydrogen-bond donors (Lipinski definition) is 1. The van der Waals surface area contributed by atoms with Gasteiger partial charge < -0.3 is 19.7 Å². The van der Waals surface area contributed by atoms with E-state index in [1.165, 1.54) is 0 Å². The lowest BCUT2D eigenvalue weighted by Gasteiger charge is -2.17. The van der Waals surface area contributed by atoms with Crippen LogP contribution in [0.4, 0.5) is 0 Å². The van der Waals surface area contributed by atoms with E-state index in [0.29, 0.717) is 23.2 Å². The fraction of sp³-hybridized carbons (Fsp3) is 0.467. The van der Waals surface area contributed by atoms with E-state index in [4.69, 9.17) is 19.7 Å². The van der Waals surface area contributed by atoms with Gasteiger partial charge in [0, 0.05) is 5.56 Å². The van der Waals surface area contributed by atoms with Crippen molar-refractivity contribution in [2.75, 3.05) is 14.2 Å². The smallest absolute Gasteiger partial charge is 0.247 e. The Labute approximate surface area is 123 Å². The number of nitrogens with zero attached hydrogens (tertiary/aromatic N) is 2. The average Bonchev–Trinajstić information content (AvgIpc) is 3.16. The molecule has 3 rings (SSSR count). The summed E-state index contributed by atoms with van der Waals surface area (Å²) >= 11 is 0. The molecule has 1 fully saturated rings. The fourth-order valence-electron chi connectivity index (χ4n) is 2.74. The van der Waals surface area contributed by atoms with Gasteiger partial charge in [0.2, 0.25) is 11.7 Å². The highest BCUT2D eigenvalue weighted by atomic mass is 16.5. The molecule has 0 spiro atoms. The molecule has 1 aromatic carbocycles. The molecule has 0 saturated heterocycles. The van der Waals surface area contributed by atoms with E-state index in [1.54, 1.807) is 14.2 Å². The molecule has 21 heavy (non-hydrogen) atoms. The number of nitrogens with two attached hydrogens (primary N) is 1. The summed E-state index contributed by atoms with van der Waals surface area (Å²) in [6.07, 6.45) is 3.98. The molecule has 112 valence electrons. The van der Waals surface area contributed by atoms with Crippen LogP contribution in [0.1, 0.15) is 31.6 Å². The van der Waals surface area contributed by atoms with Crippen LogP contribution in [0.15, 0.2) is 22.7 Å². The van der Waals surface area contributed by atoms with Crippen LogP contribution in [0.5, 0.6) is 11.5 Å². The number of rotatable bonds is 4. The van der Waals surface area contributed by atoms with Gasteiger partial charge in [0.1, 0.15) is 0 Å². The highest BCUT2D eigenvalue weighted by Crippen LogP contribution is 2.37. The second-order valence-corrected chi connectivity index (χ2v) is 5.36. The van der Waals surface area contributed by atoms with Gasteiger partial charge >= 0.3 is 0 Å². The van der Waals surface area contributed by atoms with E-state index < -0.39 is 5.54 Å². The van der Waals surface area contributed by atoms with Crippen molar-refractivity contribution in [1.82, 2.24) is 10.1 Å². The number of benzene rings is 1. The van der Waals surface area contributed by atoms with Crippen molar-refractivity contribution in [3.05, 3.63) is 24.1 Å². The highest BCUT2D eigenvalue weighted by Gasteiger charge is 2.36. The number of hydrogen-bond acceptors (Lipinski definition) is 6. The minimum absolute atomic E-state index is 0.470. The first-order valence-electron chi connectivity index (χ1n) is 7.02. The van der Waals surface area contributed by atoms with Crippen LogP contribution in [0.25, 0.3) is 11.4 Å². The van der Waals surface area contributed by atoms with E-state index >= 15 is 0 Å². The van der Waals surface area contributed by atoms with E-state index in [0.717, 1.165) is 31.2 Å². The maximum atomic E-state index is 6.33. The molecule has 0 atom stereocenters. The zero-order chi connectivity index (χ0) is 14.9.